The molecule has 2 aromatic heterocycles. The van der Waals surface area contributed by atoms with E-state index in [2.05, 4.69) is 39.7 Å². The van der Waals surface area contributed by atoms with Gasteiger partial charge in [0.25, 0.3) is 0 Å². The minimum absolute atomic E-state index is 0.433. The zero-order valence-corrected chi connectivity index (χ0v) is 18.0. The van der Waals surface area contributed by atoms with Crippen molar-refractivity contribution in [2.75, 3.05) is 6.54 Å². The number of hydrogen-bond donors (Lipinski definition) is 1. The van der Waals surface area contributed by atoms with Crippen molar-refractivity contribution < 1.29 is 4.79 Å². The molecule has 2 aromatic carbocycles. The van der Waals surface area contributed by atoms with Crippen LogP contribution >= 0.6 is 0 Å². The van der Waals surface area contributed by atoms with E-state index in [0.29, 0.717) is 12.2 Å². The Morgan fingerprint density at radius 3 is 2.53 bits per heavy atom. The predicted octanol–water partition coefficient (Wildman–Crippen LogP) is 4.23. The maximum absolute atomic E-state index is 11.7. The predicted molar refractivity (Wildman–Crippen MR) is 127 cm³/mol. The van der Waals surface area contributed by atoms with Crippen molar-refractivity contribution in [1.82, 2.24) is 19.7 Å². The molecule has 0 aliphatic heterocycles. The number of carbonyl (C=O) groups excluding carboxylic acids is 1. The third-order valence-corrected chi connectivity index (χ3v) is 5.09. The van der Waals surface area contributed by atoms with Gasteiger partial charge in [-0.15, -0.1) is 0 Å². The summed E-state index contributed by atoms with van der Waals surface area (Å²) in [4.78, 5) is 11.7. The molecular formula is C27H24N4O. The molecule has 0 fully saturated rings. The van der Waals surface area contributed by atoms with E-state index in [1.54, 1.807) is 10.9 Å². The highest BCUT2D eigenvalue weighted by atomic mass is 16.1. The topological polar surface area (TPSA) is 51.9 Å². The Bertz CT molecular complexity index is 1270. The molecule has 158 valence electrons. The van der Waals surface area contributed by atoms with Crippen LogP contribution in [0.4, 0.5) is 0 Å². The molecule has 1 N–H and O–H groups in total. The molecule has 0 radical (unpaired) electrons. The summed E-state index contributed by atoms with van der Waals surface area (Å²) in [5, 5.41) is 7.56. The zero-order chi connectivity index (χ0) is 22.2. The molecule has 5 nitrogen and oxygen atoms in total. The Hall–Kier alpha value is -4.26. The number of aryl methyl sites for hydroxylation is 2. The maximum atomic E-state index is 11.7. The number of hydrogen-bond acceptors (Lipinski definition) is 3. The fraction of sp³-hybridized carbons (Fsp3) is 0.148. The second-order valence-electron chi connectivity index (χ2n) is 7.48. The van der Waals surface area contributed by atoms with Gasteiger partial charge in [-0.1, -0.05) is 29.5 Å². The van der Waals surface area contributed by atoms with Crippen LogP contribution in [0.15, 0.2) is 85.5 Å². The molecule has 0 bridgehead atoms. The van der Waals surface area contributed by atoms with Gasteiger partial charge >= 0.3 is 0 Å². The van der Waals surface area contributed by atoms with E-state index >= 15 is 0 Å². The van der Waals surface area contributed by atoms with Gasteiger partial charge in [0.1, 0.15) is 5.70 Å². The van der Waals surface area contributed by atoms with Gasteiger partial charge in [0.05, 0.1) is 11.3 Å². The fourth-order valence-electron chi connectivity index (χ4n) is 3.37. The molecule has 0 saturated carbocycles. The zero-order valence-electron chi connectivity index (χ0n) is 18.0. The molecule has 0 aliphatic carbocycles. The second kappa shape index (κ2) is 10.2. The number of aromatic nitrogens is 3. The van der Waals surface area contributed by atoms with Crippen LogP contribution in [-0.2, 0) is 11.3 Å². The Labute approximate surface area is 188 Å². The lowest BCUT2D eigenvalue weighted by Gasteiger charge is -2.11. The van der Waals surface area contributed by atoms with Crippen LogP contribution in [0, 0.1) is 18.8 Å². The largest absolute Gasteiger partial charge is 0.376 e. The Balaban J connectivity index is 1.56. The van der Waals surface area contributed by atoms with Crippen LogP contribution in [0.2, 0.25) is 0 Å². The summed E-state index contributed by atoms with van der Waals surface area (Å²) in [7, 11) is 0. The van der Waals surface area contributed by atoms with Crippen LogP contribution in [0.1, 0.15) is 28.7 Å². The third-order valence-electron chi connectivity index (χ3n) is 5.09. The van der Waals surface area contributed by atoms with E-state index in [4.69, 9.17) is 0 Å². The molecule has 0 saturated heterocycles. The number of nitrogens with one attached hydrogen (secondary N) is 1. The summed E-state index contributed by atoms with van der Waals surface area (Å²) in [5.41, 5.74) is 4.96. The summed E-state index contributed by atoms with van der Waals surface area (Å²) >= 11 is 0. The lowest BCUT2D eigenvalue weighted by Crippen LogP contribution is -2.16. The third kappa shape index (κ3) is 5.26. The maximum Gasteiger partial charge on any atom is 0.150 e. The molecule has 32 heavy (non-hydrogen) atoms. The summed E-state index contributed by atoms with van der Waals surface area (Å²) in [6, 6.07) is 19.7. The van der Waals surface area contributed by atoms with Gasteiger partial charge in [-0.05, 0) is 61.9 Å². The van der Waals surface area contributed by atoms with E-state index in [-0.39, 0.29) is 0 Å². The first-order valence-electron chi connectivity index (χ1n) is 10.6. The molecule has 2 heterocycles. The molecule has 0 unspecified atom stereocenters. The number of rotatable bonds is 7. The van der Waals surface area contributed by atoms with Crippen molar-refractivity contribution >= 4 is 11.6 Å². The lowest BCUT2D eigenvalue weighted by atomic mass is 10.1. The fourth-order valence-corrected chi connectivity index (χ4v) is 3.37. The van der Waals surface area contributed by atoms with Crippen molar-refractivity contribution in [2.45, 2.75) is 19.9 Å². The van der Waals surface area contributed by atoms with Gasteiger partial charge < -0.3 is 9.88 Å². The summed E-state index contributed by atoms with van der Waals surface area (Å²) in [5.74, 6) is 8.53. The SMILES string of the molecule is Cc1ccc(C#Cc2cc(C(=C=O)NCCCn3cccc3)ccc2-n2cccn2)cc1. The van der Waals surface area contributed by atoms with Gasteiger partial charge in [0, 0.05) is 49.0 Å². The molecule has 0 atom stereocenters. The highest BCUT2D eigenvalue weighted by Crippen LogP contribution is 2.19. The second-order valence-corrected chi connectivity index (χ2v) is 7.48. The van der Waals surface area contributed by atoms with Gasteiger partial charge in [-0.3, -0.25) is 0 Å². The summed E-state index contributed by atoms with van der Waals surface area (Å²) in [6.45, 7) is 3.61. The molecular weight excluding hydrogens is 396 g/mol. The average Bonchev–Trinajstić information content (AvgIpc) is 3.53. The summed E-state index contributed by atoms with van der Waals surface area (Å²) in [6.07, 6.45) is 8.56. The first-order chi connectivity index (χ1) is 15.7. The Morgan fingerprint density at radius 1 is 1.00 bits per heavy atom. The monoisotopic (exact) mass is 420 g/mol. The minimum Gasteiger partial charge on any atom is -0.376 e. The van der Waals surface area contributed by atoms with Gasteiger partial charge in [-0.25, -0.2) is 9.48 Å². The van der Waals surface area contributed by atoms with Gasteiger partial charge in [-0.2, -0.15) is 5.10 Å². The van der Waals surface area contributed by atoms with Crippen LogP contribution in [0.3, 0.4) is 0 Å². The van der Waals surface area contributed by atoms with Crippen molar-refractivity contribution in [3.63, 3.8) is 0 Å². The quantitative estimate of drug-likeness (QED) is 0.277. The molecule has 5 heteroatoms. The normalized spacial score (nSPS) is 10.2. The minimum atomic E-state index is 0.433. The van der Waals surface area contributed by atoms with Crippen LogP contribution in [0.25, 0.3) is 11.4 Å². The van der Waals surface area contributed by atoms with Crippen molar-refractivity contribution in [1.29, 1.82) is 0 Å². The van der Waals surface area contributed by atoms with E-state index < -0.39 is 0 Å². The lowest BCUT2D eigenvalue weighted by molar-refractivity contribution is 0.567. The van der Waals surface area contributed by atoms with E-state index in [1.165, 1.54) is 5.56 Å². The summed E-state index contributed by atoms with van der Waals surface area (Å²) < 4.78 is 3.89. The smallest absolute Gasteiger partial charge is 0.150 e. The van der Waals surface area contributed by atoms with Gasteiger partial charge in [0.15, 0.2) is 5.94 Å². The van der Waals surface area contributed by atoms with Gasteiger partial charge in [0.2, 0.25) is 0 Å². The average molecular weight is 421 g/mol. The van der Waals surface area contributed by atoms with E-state index in [0.717, 1.165) is 35.3 Å². The van der Waals surface area contributed by atoms with Crippen LogP contribution in [0.5, 0.6) is 0 Å². The molecule has 0 amide bonds. The van der Waals surface area contributed by atoms with E-state index in [9.17, 15) is 4.79 Å². The Kier molecular flexibility index (Phi) is 6.67. The first kappa shape index (κ1) is 21.0. The van der Waals surface area contributed by atoms with E-state index in [1.807, 2.05) is 79.3 Å². The van der Waals surface area contributed by atoms with Crippen molar-refractivity contribution in [3.8, 4) is 17.5 Å². The molecule has 0 aliphatic rings. The Morgan fingerprint density at radius 2 is 1.81 bits per heavy atom. The highest BCUT2D eigenvalue weighted by molar-refractivity contribution is 5.87. The van der Waals surface area contributed by atoms with Crippen molar-refractivity contribution in [2.24, 2.45) is 0 Å². The number of nitrogens with zero attached hydrogens (tertiary/aromatic N) is 3. The van der Waals surface area contributed by atoms with Crippen molar-refractivity contribution in [3.05, 3.63) is 108 Å². The first-order valence-corrected chi connectivity index (χ1v) is 10.6. The van der Waals surface area contributed by atoms with Crippen LogP contribution < -0.4 is 5.32 Å². The molecule has 0 spiro atoms. The molecule has 4 rings (SSSR count). The standard InChI is InChI=1S/C27H24N4O/c1-22-6-8-23(9-7-22)10-11-25-20-24(12-13-27(25)31-19-5-15-29-31)26(21-32)28-14-4-18-30-16-2-3-17-30/h2-3,5-9,12-13,15-17,19-20,28H,4,14,18H2,1H3. The van der Waals surface area contributed by atoms with Crippen LogP contribution in [-0.4, -0.2) is 26.8 Å². The molecule has 4 aromatic rings. The highest BCUT2D eigenvalue weighted by Gasteiger charge is 2.09. The number of benzene rings is 2.